The molecule has 134 valence electrons. The average Bonchev–Trinajstić information content (AvgIpc) is 2.62. The van der Waals surface area contributed by atoms with Crippen LogP contribution in [-0.4, -0.2) is 24.8 Å². The number of ether oxygens (including phenoxy) is 1. The molecule has 0 aliphatic carbocycles. The highest BCUT2D eigenvalue weighted by atomic mass is 32.2. The maximum absolute atomic E-state index is 11.9. The van der Waals surface area contributed by atoms with Crippen LogP contribution < -0.4 is 10.1 Å². The van der Waals surface area contributed by atoms with Gasteiger partial charge in [0, 0.05) is 12.3 Å². The minimum absolute atomic E-state index is 0.116. The molecular formula is C21H27NO2S. The summed E-state index contributed by atoms with van der Waals surface area (Å²) >= 11 is 1.66. The van der Waals surface area contributed by atoms with Crippen molar-refractivity contribution in [3.8, 4) is 5.75 Å². The van der Waals surface area contributed by atoms with E-state index >= 15 is 0 Å². The number of hydrogen-bond donors (Lipinski definition) is 1. The number of hydrogen-bond acceptors (Lipinski definition) is 3. The zero-order valence-electron chi connectivity index (χ0n) is 15.1. The van der Waals surface area contributed by atoms with E-state index in [1.807, 2.05) is 31.2 Å². The van der Waals surface area contributed by atoms with Crippen LogP contribution in [0.25, 0.3) is 0 Å². The minimum atomic E-state index is 0.116. The maximum atomic E-state index is 11.9. The number of carbonyl (C=O) groups excluding carboxylic acids is 1. The van der Waals surface area contributed by atoms with Gasteiger partial charge in [-0.25, -0.2) is 0 Å². The third-order valence-electron chi connectivity index (χ3n) is 3.95. The normalized spacial score (nSPS) is 10.5. The highest BCUT2D eigenvalue weighted by molar-refractivity contribution is 7.99. The Hall–Kier alpha value is -1.94. The van der Waals surface area contributed by atoms with Gasteiger partial charge in [0.05, 0.1) is 12.4 Å². The van der Waals surface area contributed by atoms with Crippen molar-refractivity contribution in [3.05, 3.63) is 65.2 Å². The van der Waals surface area contributed by atoms with Crippen molar-refractivity contribution in [2.75, 3.05) is 18.9 Å². The summed E-state index contributed by atoms with van der Waals surface area (Å²) < 4.78 is 5.44. The monoisotopic (exact) mass is 357 g/mol. The molecule has 3 nitrogen and oxygen atoms in total. The first-order valence-electron chi connectivity index (χ1n) is 8.79. The number of carbonyl (C=O) groups is 1. The summed E-state index contributed by atoms with van der Waals surface area (Å²) in [7, 11) is 0. The number of amides is 1. The molecule has 4 heteroatoms. The predicted octanol–water partition coefficient (Wildman–Crippen LogP) is 4.38. The van der Waals surface area contributed by atoms with Crippen LogP contribution in [0.5, 0.6) is 5.75 Å². The molecule has 0 aliphatic rings. The third-order valence-corrected chi connectivity index (χ3v) is 4.93. The van der Waals surface area contributed by atoms with Crippen molar-refractivity contribution in [1.82, 2.24) is 5.32 Å². The summed E-state index contributed by atoms with van der Waals surface area (Å²) in [6.45, 7) is 5.50. The second kappa shape index (κ2) is 10.8. The Balaban J connectivity index is 1.58. The first-order chi connectivity index (χ1) is 12.2. The standard InChI is InChI=1S/C21H27NO2S/c1-3-24-20-12-10-18(11-13-20)8-6-14-22-21(23)16-25-15-19-9-5-4-7-17(19)2/h4-5,7,9-13H,3,6,8,14-16H2,1-2H3,(H,22,23). The largest absolute Gasteiger partial charge is 0.494 e. The van der Waals surface area contributed by atoms with Gasteiger partial charge in [-0.2, -0.15) is 0 Å². The lowest BCUT2D eigenvalue weighted by Crippen LogP contribution is -2.26. The predicted molar refractivity (Wildman–Crippen MR) is 106 cm³/mol. The lowest BCUT2D eigenvalue weighted by atomic mass is 10.1. The molecule has 25 heavy (non-hydrogen) atoms. The molecule has 0 fully saturated rings. The Labute approximate surface area is 155 Å². The quantitative estimate of drug-likeness (QED) is 0.642. The topological polar surface area (TPSA) is 38.3 Å². The number of benzene rings is 2. The smallest absolute Gasteiger partial charge is 0.230 e. The van der Waals surface area contributed by atoms with Crippen molar-refractivity contribution < 1.29 is 9.53 Å². The highest BCUT2D eigenvalue weighted by Crippen LogP contribution is 2.15. The van der Waals surface area contributed by atoms with Crippen molar-refractivity contribution in [2.24, 2.45) is 0 Å². The van der Waals surface area contributed by atoms with Gasteiger partial charge in [-0.1, -0.05) is 36.4 Å². The number of thioether (sulfide) groups is 1. The summed E-state index contributed by atoms with van der Waals surface area (Å²) in [5, 5.41) is 3.00. The number of aryl methyl sites for hydroxylation is 2. The molecule has 0 aliphatic heterocycles. The Bertz CT molecular complexity index is 655. The molecule has 2 aromatic rings. The van der Waals surface area contributed by atoms with Gasteiger partial charge in [0.1, 0.15) is 5.75 Å². The fraction of sp³-hybridized carbons (Fsp3) is 0.381. The van der Waals surface area contributed by atoms with Crippen molar-refractivity contribution in [1.29, 1.82) is 0 Å². The molecule has 2 aromatic carbocycles. The first-order valence-corrected chi connectivity index (χ1v) is 9.95. The molecule has 0 spiro atoms. The Morgan fingerprint density at radius 1 is 1.12 bits per heavy atom. The lowest BCUT2D eigenvalue weighted by molar-refractivity contribution is -0.118. The van der Waals surface area contributed by atoms with Gasteiger partial charge in [-0.05, 0) is 55.5 Å². The van der Waals surface area contributed by atoms with Crippen LogP contribution in [-0.2, 0) is 17.0 Å². The summed E-state index contributed by atoms with van der Waals surface area (Å²) in [4.78, 5) is 11.9. The van der Waals surface area contributed by atoms with E-state index in [0.29, 0.717) is 12.4 Å². The molecule has 0 heterocycles. The van der Waals surface area contributed by atoms with Crippen LogP contribution in [0.3, 0.4) is 0 Å². The second-order valence-corrected chi connectivity index (χ2v) is 6.94. The SMILES string of the molecule is CCOc1ccc(CCCNC(=O)CSCc2ccccc2C)cc1. The molecule has 0 radical (unpaired) electrons. The fourth-order valence-corrected chi connectivity index (χ4v) is 3.45. The first kappa shape index (κ1) is 19.4. The van der Waals surface area contributed by atoms with Gasteiger partial charge in [-0.3, -0.25) is 4.79 Å². The Kier molecular flexibility index (Phi) is 8.40. The maximum Gasteiger partial charge on any atom is 0.230 e. The van der Waals surface area contributed by atoms with Crippen LogP contribution in [0.15, 0.2) is 48.5 Å². The molecule has 1 amide bonds. The van der Waals surface area contributed by atoms with Crippen LogP contribution in [0.1, 0.15) is 30.0 Å². The highest BCUT2D eigenvalue weighted by Gasteiger charge is 2.03. The fourth-order valence-electron chi connectivity index (χ4n) is 2.52. The van der Waals surface area contributed by atoms with Gasteiger partial charge in [0.2, 0.25) is 5.91 Å². The number of rotatable bonds is 10. The molecule has 0 atom stereocenters. The van der Waals surface area contributed by atoms with Crippen LogP contribution in [0, 0.1) is 6.92 Å². The average molecular weight is 358 g/mol. The van der Waals surface area contributed by atoms with E-state index < -0.39 is 0 Å². The van der Waals surface area contributed by atoms with Crippen molar-refractivity contribution in [3.63, 3.8) is 0 Å². The molecule has 2 rings (SSSR count). The van der Waals surface area contributed by atoms with Gasteiger partial charge in [0.25, 0.3) is 0 Å². The van der Waals surface area contributed by atoms with E-state index in [1.165, 1.54) is 16.7 Å². The van der Waals surface area contributed by atoms with Gasteiger partial charge < -0.3 is 10.1 Å². The summed E-state index contributed by atoms with van der Waals surface area (Å²) in [5.74, 6) is 2.42. The molecule has 0 unspecified atom stereocenters. The number of nitrogens with one attached hydrogen (secondary N) is 1. The van der Waals surface area contributed by atoms with Crippen LogP contribution >= 0.6 is 11.8 Å². The van der Waals surface area contributed by atoms with E-state index in [4.69, 9.17) is 4.74 Å². The Morgan fingerprint density at radius 2 is 1.88 bits per heavy atom. The zero-order chi connectivity index (χ0) is 17.9. The molecule has 0 saturated carbocycles. The molecule has 0 bridgehead atoms. The summed E-state index contributed by atoms with van der Waals surface area (Å²) in [5.41, 5.74) is 3.85. The molecule has 1 N–H and O–H groups in total. The second-order valence-electron chi connectivity index (χ2n) is 5.95. The van der Waals surface area contributed by atoms with E-state index in [2.05, 4.69) is 36.5 Å². The van der Waals surface area contributed by atoms with E-state index in [9.17, 15) is 4.79 Å². The van der Waals surface area contributed by atoms with E-state index in [1.54, 1.807) is 11.8 Å². The third kappa shape index (κ3) is 7.22. The Morgan fingerprint density at radius 3 is 2.60 bits per heavy atom. The summed E-state index contributed by atoms with van der Waals surface area (Å²) in [6.07, 6.45) is 1.91. The molecule has 0 aromatic heterocycles. The minimum Gasteiger partial charge on any atom is -0.494 e. The van der Waals surface area contributed by atoms with E-state index in [0.717, 1.165) is 30.9 Å². The van der Waals surface area contributed by atoms with Crippen LogP contribution in [0.2, 0.25) is 0 Å². The summed E-state index contributed by atoms with van der Waals surface area (Å²) in [6, 6.07) is 16.5. The van der Waals surface area contributed by atoms with E-state index in [-0.39, 0.29) is 5.91 Å². The molecular weight excluding hydrogens is 330 g/mol. The van der Waals surface area contributed by atoms with Crippen LogP contribution in [0.4, 0.5) is 0 Å². The lowest BCUT2D eigenvalue weighted by Gasteiger charge is -2.07. The van der Waals surface area contributed by atoms with Crippen molar-refractivity contribution in [2.45, 2.75) is 32.4 Å². The molecule has 0 saturated heterocycles. The van der Waals surface area contributed by atoms with Gasteiger partial charge in [-0.15, -0.1) is 11.8 Å². The zero-order valence-corrected chi connectivity index (χ0v) is 15.9. The van der Waals surface area contributed by atoms with Gasteiger partial charge >= 0.3 is 0 Å². The van der Waals surface area contributed by atoms with Crippen molar-refractivity contribution >= 4 is 17.7 Å². The van der Waals surface area contributed by atoms with Gasteiger partial charge in [0.15, 0.2) is 0 Å².